The molecule has 3 atom stereocenters. The summed E-state index contributed by atoms with van der Waals surface area (Å²) >= 11 is 0. The zero-order valence-electron chi connectivity index (χ0n) is 12.9. The molecule has 0 radical (unpaired) electrons. The number of fused-ring (bicyclic) bond motifs is 3. The molecule has 0 spiro atoms. The molecule has 0 aromatic carbocycles. The Morgan fingerprint density at radius 1 is 1.26 bits per heavy atom. The van der Waals surface area contributed by atoms with E-state index in [1.807, 2.05) is 30.0 Å². The molecule has 5 rings (SSSR count). The van der Waals surface area contributed by atoms with Crippen molar-refractivity contribution in [3.8, 4) is 17.1 Å². The van der Waals surface area contributed by atoms with E-state index >= 15 is 0 Å². The van der Waals surface area contributed by atoms with Gasteiger partial charge in [-0.25, -0.2) is 9.50 Å². The second kappa shape index (κ2) is 4.79. The van der Waals surface area contributed by atoms with Crippen LogP contribution in [0.5, 0.6) is 5.88 Å². The van der Waals surface area contributed by atoms with Gasteiger partial charge in [-0.3, -0.25) is 4.68 Å². The van der Waals surface area contributed by atoms with Crippen LogP contribution in [0, 0.1) is 0 Å². The number of aromatic nitrogens is 5. The number of hydrogen-bond acceptors (Lipinski definition) is 5. The molecule has 2 bridgehead atoms. The summed E-state index contributed by atoms with van der Waals surface area (Å²) in [5.41, 5.74) is 2.68. The van der Waals surface area contributed by atoms with Crippen LogP contribution < -0.4 is 10.1 Å². The van der Waals surface area contributed by atoms with Gasteiger partial charge in [0.1, 0.15) is 11.6 Å². The van der Waals surface area contributed by atoms with Gasteiger partial charge in [-0.15, -0.1) is 0 Å². The third-order valence-corrected chi connectivity index (χ3v) is 4.86. The van der Waals surface area contributed by atoms with Crippen LogP contribution in [0.3, 0.4) is 0 Å². The van der Waals surface area contributed by atoms with Gasteiger partial charge in [0.15, 0.2) is 0 Å². The molecular weight excluding hydrogens is 292 g/mol. The Morgan fingerprint density at radius 2 is 2.22 bits per heavy atom. The van der Waals surface area contributed by atoms with Gasteiger partial charge in [-0.1, -0.05) is 0 Å². The monoisotopic (exact) mass is 310 g/mol. The van der Waals surface area contributed by atoms with E-state index in [0.717, 1.165) is 23.2 Å². The van der Waals surface area contributed by atoms with Crippen LogP contribution in [0.2, 0.25) is 0 Å². The number of hydrogen-bond donors (Lipinski definition) is 1. The normalized spacial score (nSPS) is 26.2. The van der Waals surface area contributed by atoms with Gasteiger partial charge in [0.05, 0.1) is 24.3 Å². The van der Waals surface area contributed by atoms with E-state index < -0.39 is 0 Å². The Bertz CT molecular complexity index is 868. The van der Waals surface area contributed by atoms with Crippen molar-refractivity contribution in [3.05, 3.63) is 30.9 Å². The average molecular weight is 310 g/mol. The minimum Gasteiger partial charge on any atom is -0.471 e. The summed E-state index contributed by atoms with van der Waals surface area (Å²) in [5, 5.41) is 12.2. The SMILES string of the molecule is Cn1cc(-c2cn3nccc3c(O[C@@H]3CC4CC[C@H]3N4)n2)cn1. The fourth-order valence-corrected chi connectivity index (χ4v) is 3.72. The third-order valence-electron chi connectivity index (χ3n) is 4.86. The zero-order chi connectivity index (χ0) is 15.4. The maximum atomic E-state index is 6.29. The van der Waals surface area contributed by atoms with Gasteiger partial charge >= 0.3 is 0 Å². The summed E-state index contributed by atoms with van der Waals surface area (Å²) in [4.78, 5) is 4.74. The van der Waals surface area contributed by atoms with Crippen LogP contribution in [0.1, 0.15) is 19.3 Å². The Balaban J connectivity index is 1.55. The fraction of sp³-hybridized carbons (Fsp3) is 0.438. The highest BCUT2D eigenvalue weighted by atomic mass is 16.5. The molecule has 7 nitrogen and oxygen atoms in total. The van der Waals surface area contributed by atoms with E-state index in [0.29, 0.717) is 18.0 Å². The van der Waals surface area contributed by atoms with E-state index in [4.69, 9.17) is 9.72 Å². The van der Waals surface area contributed by atoms with Crippen molar-refractivity contribution in [2.45, 2.75) is 37.5 Å². The van der Waals surface area contributed by atoms with E-state index in [2.05, 4.69) is 15.5 Å². The van der Waals surface area contributed by atoms with Crippen molar-refractivity contribution in [1.29, 1.82) is 0 Å². The van der Waals surface area contributed by atoms with Gasteiger partial charge in [0.25, 0.3) is 0 Å². The van der Waals surface area contributed by atoms with Gasteiger partial charge in [0, 0.05) is 37.3 Å². The lowest BCUT2D eigenvalue weighted by atomic mass is 9.98. The summed E-state index contributed by atoms with van der Waals surface area (Å²) in [7, 11) is 1.90. The summed E-state index contributed by atoms with van der Waals surface area (Å²) in [6.07, 6.45) is 11.1. The summed E-state index contributed by atoms with van der Waals surface area (Å²) in [5.74, 6) is 0.656. The second-order valence-corrected chi connectivity index (χ2v) is 6.43. The molecule has 3 aromatic heterocycles. The largest absolute Gasteiger partial charge is 0.471 e. The topological polar surface area (TPSA) is 69.3 Å². The molecule has 2 aliphatic rings. The van der Waals surface area contributed by atoms with Gasteiger partial charge in [-0.05, 0) is 18.9 Å². The number of ether oxygens (including phenoxy) is 1. The first-order valence-corrected chi connectivity index (χ1v) is 8.02. The predicted molar refractivity (Wildman–Crippen MR) is 84.2 cm³/mol. The number of aryl methyl sites for hydroxylation is 1. The highest BCUT2D eigenvalue weighted by molar-refractivity contribution is 5.63. The van der Waals surface area contributed by atoms with E-state index in [9.17, 15) is 0 Å². The summed E-state index contributed by atoms with van der Waals surface area (Å²) in [6, 6.07) is 3.00. The molecule has 0 amide bonds. The van der Waals surface area contributed by atoms with Crippen molar-refractivity contribution in [3.63, 3.8) is 0 Å². The lowest BCUT2D eigenvalue weighted by Crippen LogP contribution is -2.32. The second-order valence-electron chi connectivity index (χ2n) is 6.43. The van der Waals surface area contributed by atoms with Crippen LogP contribution in [-0.2, 0) is 7.05 Å². The Kier molecular flexibility index (Phi) is 2.72. The number of nitrogens with zero attached hydrogens (tertiary/aromatic N) is 5. The Morgan fingerprint density at radius 3 is 2.96 bits per heavy atom. The highest BCUT2D eigenvalue weighted by Crippen LogP contribution is 2.33. The van der Waals surface area contributed by atoms with Gasteiger partial charge in [-0.2, -0.15) is 10.2 Å². The standard InChI is InChI=1S/C16H18N6O/c1-21-8-10(7-18-21)13-9-22-14(4-5-17-22)16(20-13)23-15-6-11-2-3-12(15)19-11/h4-5,7-9,11-12,15,19H,2-3,6H2,1H3/t11?,12-,15-/m1/s1. The van der Waals surface area contributed by atoms with Gasteiger partial charge < -0.3 is 10.1 Å². The van der Waals surface area contributed by atoms with Crippen molar-refractivity contribution in [2.24, 2.45) is 7.05 Å². The number of nitrogens with one attached hydrogen (secondary N) is 1. The molecule has 1 N–H and O–H groups in total. The maximum Gasteiger partial charge on any atom is 0.241 e. The highest BCUT2D eigenvalue weighted by Gasteiger charge is 2.41. The predicted octanol–water partition coefficient (Wildman–Crippen LogP) is 1.40. The van der Waals surface area contributed by atoms with Crippen molar-refractivity contribution in [1.82, 2.24) is 29.7 Å². The maximum absolute atomic E-state index is 6.29. The van der Waals surface area contributed by atoms with Crippen molar-refractivity contribution < 1.29 is 4.74 Å². The van der Waals surface area contributed by atoms with E-state index in [1.165, 1.54) is 12.8 Å². The molecule has 2 saturated heterocycles. The molecule has 2 aliphatic heterocycles. The Hall–Kier alpha value is -2.41. The lowest BCUT2D eigenvalue weighted by molar-refractivity contribution is 0.166. The number of rotatable bonds is 3. The molecule has 3 aromatic rings. The molecule has 118 valence electrons. The molecule has 2 fully saturated rings. The zero-order valence-corrected chi connectivity index (χ0v) is 12.9. The van der Waals surface area contributed by atoms with E-state index in [-0.39, 0.29) is 6.10 Å². The van der Waals surface area contributed by atoms with Crippen molar-refractivity contribution in [2.75, 3.05) is 0 Å². The quantitative estimate of drug-likeness (QED) is 0.792. The van der Waals surface area contributed by atoms with Crippen LogP contribution in [0.15, 0.2) is 30.9 Å². The van der Waals surface area contributed by atoms with Crippen LogP contribution >= 0.6 is 0 Å². The van der Waals surface area contributed by atoms with Gasteiger partial charge in [0.2, 0.25) is 5.88 Å². The van der Waals surface area contributed by atoms with E-state index in [1.54, 1.807) is 17.1 Å². The van der Waals surface area contributed by atoms with Crippen LogP contribution in [0.4, 0.5) is 0 Å². The molecular formula is C16H18N6O. The molecule has 5 heterocycles. The first-order valence-electron chi connectivity index (χ1n) is 8.02. The molecule has 0 saturated carbocycles. The Labute approximate surface area is 133 Å². The first kappa shape index (κ1) is 13.1. The third kappa shape index (κ3) is 2.11. The molecule has 1 unspecified atom stereocenters. The molecule has 23 heavy (non-hydrogen) atoms. The summed E-state index contributed by atoms with van der Waals surface area (Å²) < 4.78 is 9.88. The fourth-order valence-electron chi connectivity index (χ4n) is 3.72. The minimum atomic E-state index is 0.198. The lowest BCUT2D eigenvalue weighted by Gasteiger charge is -2.21. The molecule has 7 heteroatoms. The summed E-state index contributed by atoms with van der Waals surface area (Å²) in [6.45, 7) is 0. The average Bonchev–Trinajstić information content (AvgIpc) is 3.30. The van der Waals surface area contributed by atoms with Crippen molar-refractivity contribution >= 4 is 5.52 Å². The first-order chi connectivity index (χ1) is 11.3. The van der Waals surface area contributed by atoms with Crippen LogP contribution in [-0.4, -0.2) is 42.6 Å². The molecule has 0 aliphatic carbocycles. The van der Waals surface area contributed by atoms with Crippen LogP contribution in [0.25, 0.3) is 16.8 Å². The smallest absolute Gasteiger partial charge is 0.241 e. The minimum absolute atomic E-state index is 0.198.